The van der Waals surface area contributed by atoms with Crippen molar-refractivity contribution in [3.63, 3.8) is 0 Å². The summed E-state index contributed by atoms with van der Waals surface area (Å²) in [5.41, 5.74) is 0.957. The highest BCUT2D eigenvalue weighted by Crippen LogP contribution is 2.26. The van der Waals surface area contributed by atoms with Gasteiger partial charge in [0.1, 0.15) is 5.75 Å². The van der Waals surface area contributed by atoms with Gasteiger partial charge in [-0.3, -0.25) is 9.59 Å². The van der Waals surface area contributed by atoms with E-state index < -0.39 is 0 Å². The molecule has 0 spiro atoms. The number of hydrogen-bond donors (Lipinski definition) is 0. The van der Waals surface area contributed by atoms with Crippen molar-refractivity contribution in [2.24, 2.45) is 0 Å². The smallest absolute Gasteiger partial charge is 0.159 e. The van der Waals surface area contributed by atoms with Crippen LogP contribution in [0, 0.1) is 3.57 Å². The molecule has 1 aromatic carbocycles. The zero-order valence-corrected chi connectivity index (χ0v) is 10.7. The molecule has 0 heterocycles. The monoisotopic (exact) mass is 318 g/mol. The van der Waals surface area contributed by atoms with E-state index >= 15 is 0 Å². The van der Waals surface area contributed by atoms with Gasteiger partial charge in [-0.2, -0.15) is 0 Å². The maximum atomic E-state index is 11.2. The molecule has 0 atom stereocenters. The number of aldehydes is 1. The predicted molar refractivity (Wildman–Crippen MR) is 65.7 cm³/mol. The van der Waals surface area contributed by atoms with Crippen LogP contribution < -0.4 is 4.74 Å². The van der Waals surface area contributed by atoms with Gasteiger partial charge in [0.15, 0.2) is 12.1 Å². The Bertz CT molecular complexity index is 399. The number of rotatable bonds is 4. The summed E-state index contributed by atoms with van der Waals surface area (Å²) in [5.74, 6) is 0.497. The second kappa shape index (κ2) is 5.25. The largest absolute Gasteiger partial charge is 0.492 e. The number of hydrogen-bond acceptors (Lipinski definition) is 3. The van der Waals surface area contributed by atoms with Crippen molar-refractivity contribution >= 4 is 34.7 Å². The molecule has 1 rings (SSSR count). The molecule has 0 amide bonds. The summed E-state index contributed by atoms with van der Waals surface area (Å²) < 4.78 is 6.13. The van der Waals surface area contributed by atoms with Crippen molar-refractivity contribution in [2.75, 3.05) is 6.61 Å². The molecule has 0 aliphatic heterocycles. The lowest BCUT2D eigenvalue weighted by Crippen LogP contribution is -2.02. The van der Waals surface area contributed by atoms with Crippen LogP contribution in [0.5, 0.6) is 5.75 Å². The minimum absolute atomic E-state index is 0.0564. The van der Waals surface area contributed by atoms with E-state index in [9.17, 15) is 9.59 Å². The van der Waals surface area contributed by atoms with Crippen LogP contribution in [-0.2, 0) is 0 Å². The summed E-state index contributed by atoms with van der Waals surface area (Å²) in [7, 11) is 0. The van der Waals surface area contributed by atoms with E-state index in [-0.39, 0.29) is 5.78 Å². The molecule has 1 aromatic rings. The lowest BCUT2D eigenvalue weighted by atomic mass is 10.1. The van der Waals surface area contributed by atoms with Gasteiger partial charge in [-0.15, -0.1) is 0 Å². The second-order valence-corrected chi connectivity index (χ2v) is 4.15. The van der Waals surface area contributed by atoms with Crippen LogP contribution in [0.4, 0.5) is 0 Å². The standard InChI is InChI=1S/C11H11IO3/c1-3-15-11-9(6-13)4-8(7(2)14)5-10(11)12/h4-6H,3H2,1-2H3. The van der Waals surface area contributed by atoms with E-state index in [2.05, 4.69) is 22.6 Å². The highest BCUT2D eigenvalue weighted by Gasteiger charge is 2.11. The van der Waals surface area contributed by atoms with E-state index in [0.717, 1.165) is 3.57 Å². The Morgan fingerprint density at radius 1 is 1.53 bits per heavy atom. The molecule has 3 nitrogen and oxygen atoms in total. The first kappa shape index (κ1) is 12.2. The zero-order chi connectivity index (χ0) is 11.4. The molecule has 0 fully saturated rings. The topological polar surface area (TPSA) is 43.4 Å². The van der Waals surface area contributed by atoms with Crippen LogP contribution in [0.15, 0.2) is 12.1 Å². The number of carbonyl (C=O) groups excluding carboxylic acids is 2. The Hall–Kier alpha value is -0.910. The third kappa shape index (κ3) is 2.77. The molecule has 0 N–H and O–H groups in total. The normalized spacial score (nSPS) is 9.80. The number of ketones is 1. The van der Waals surface area contributed by atoms with Crippen LogP contribution in [-0.4, -0.2) is 18.7 Å². The van der Waals surface area contributed by atoms with Gasteiger partial charge in [-0.25, -0.2) is 0 Å². The van der Waals surface area contributed by atoms with E-state index in [0.29, 0.717) is 29.8 Å². The Balaban J connectivity index is 3.30. The molecule has 0 bridgehead atoms. The number of ether oxygens (including phenoxy) is 1. The van der Waals surface area contributed by atoms with Crippen LogP contribution in [0.3, 0.4) is 0 Å². The third-order valence-electron chi connectivity index (χ3n) is 1.89. The van der Waals surface area contributed by atoms with Gasteiger partial charge < -0.3 is 4.74 Å². The fraction of sp³-hybridized carbons (Fsp3) is 0.273. The van der Waals surface area contributed by atoms with Crippen molar-refractivity contribution in [1.82, 2.24) is 0 Å². The predicted octanol–water partition coefficient (Wildman–Crippen LogP) is 2.71. The van der Waals surface area contributed by atoms with Gasteiger partial charge in [-0.1, -0.05) is 0 Å². The van der Waals surface area contributed by atoms with Crippen molar-refractivity contribution in [2.45, 2.75) is 13.8 Å². The molecule has 0 radical (unpaired) electrons. The van der Waals surface area contributed by atoms with Crippen molar-refractivity contribution < 1.29 is 14.3 Å². The van der Waals surface area contributed by atoms with Crippen molar-refractivity contribution in [3.8, 4) is 5.75 Å². The van der Waals surface area contributed by atoms with Crippen molar-refractivity contribution in [1.29, 1.82) is 0 Å². The first-order chi connectivity index (χ1) is 7.10. The van der Waals surface area contributed by atoms with E-state index in [4.69, 9.17) is 4.74 Å². The molecule has 0 saturated carbocycles. The third-order valence-corrected chi connectivity index (χ3v) is 2.70. The lowest BCUT2D eigenvalue weighted by Gasteiger charge is -2.09. The summed E-state index contributed by atoms with van der Waals surface area (Å²) in [6, 6.07) is 3.28. The maximum Gasteiger partial charge on any atom is 0.159 e. The molecule has 0 saturated heterocycles. The Morgan fingerprint density at radius 2 is 2.20 bits per heavy atom. The van der Waals surface area contributed by atoms with Crippen LogP contribution in [0.25, 0.3) is 0 Å². The fourth-order valence-electron chi connectivity index (χ4n) is 1.20. The SMILES string of the molecule is CCOc1c(I)cc(C(C)=O)cc1C=O. The Kier molecular flexibility index (Phi) is 4.26. The van der Waals surface area contributed by atoms with Gasteiger partial charge in [-0.05, 0) is 48.6 Å². The van der Waals surface area contributed by atoms with Gasteiger partial charge in [0.25, 0.3) is 0 Å². The van der Waals surface area contributed by atoms with E-state index in [1.807, 2.05) is 6.92 Å². The lowest BCUT2D eigenvalue weighted by molar-refractivity contribution is 0.101. The molecule has 0 unspecified atom stereocenters. The summed E-state index contributed by atoms with van der Waals surface area (Å²) >= 11 is 2.06. The molecule has 0 aliphatic rings. The van der Waals surface area contributed by atoms with Crippen LogP contribution >= 0.6 is 22.6 Å². The summed E-state index contributed by atoms with van der Waals surface area (Å²) in [5, 5.41) is 0. The number of benzene rings is 1. The minimum atomic E-state index is -0.0564. The maximum absolute atomic E-state index is 11.2. The highest BCUT2D eigenvalue weighted by atomic mass is 127. The Morgan fingerprint density at radius 3 is 2.67 bits per heavy atom. The van der Waals surface area contributed by atoms with Crippen molar-refractivity contribution in [3.05, 3.63) is 26.8 Å². The summed E-state index contributed by atoms with van der Waals surface area (Å²) in [4.78, 5) is 22.0. The zero-order valence-electron chi connectivity index (χ0n) is 8.54. The second-order valence-electron chi connectivity index (χ2n) is 2.98. The summed E-state index contributed by atoms with van der Waals surface area (Å²) in [6.45, 7) is 3.82. The average Bonchev–Trinajstić information content (AvgIpc) is 2.20. The Labute approximate surface area is 102 Å². The molecule has 4 heteroatoms. The van der Waals surface area contributed by atoms with Gasteiger partial charge >= 0.3 is 0 Å². The van der Waals surface area contributed by atoms with Gasteiger partial charge in [0.05, 0.1) is 15.7 Å². The first-order valence-corrected chi connectivity index (χ1v) is 5.60. The average molecular weight is 318 g/mol. The number of halogens is 1. The fourth-order valence-corrected chi connectivity index (χ4v) is 2.00. The molecule has 0 aliphatic carbocycles. The molecular weight excluding hydrogens is 307 g/mol. The van der Waals surface area contributed by atoms with Gasteiger partial charge in [0.2, 0.25) is 0 Å². The quantitative estimate of drug-likeness (QED) is 0.487. The number of Topliss-reactive ketones (excluding diaryl/α,β-unsaturated/α-hetero) is 1. The van der Waals surface area contributed by atoms with Crippen LogP contribution in [0.1, 0.15) is 34.6 Å². The molecule has 0 aromatic heterocycles. The molecule has 80 valence electrons. The van der Waals surface area contributed by atoms with E-state index in [1.165, 1.54) is 6.92 Å². The summed E-state index contributed by atoms with van der Waals surface area (Å²) in [6.07, 6.45) is 0.708. The van der Waals surface area contributed by atoms with E-state index in [1.54, 1.807) is 12.1 Å². The van der Waals surface area contributed by atoms with Crippen LogP contribution in [0.2, 0.25) is 0 Å². The molecular formula is C11H11IO3. The number of carbonyl (C=O) groups is 2. The van der Waals surface area contributed by atoms with Gasteiger partial charge in [0, 0.05) is 5.56 Å². The highest BCUT2D eigenvalue weighted by molar-refractivity contribution is 14.1. The first-order valence-electron chi connectivity index (χ1n) is 4.52. The minimum Gasteiger partial charge on any atom is -0.492 e. The molecule has 15 heavy (non-hydrogen) atoms.